The van der Waals surface area contributed by atoms with Gasteiger partial charge in [0.1, 0.15) is 5.75 Å². The summed E-state index contributed by atoms with van der Waals surface area (Å²) in [5.74, 6) is 0.848. The van der Waals surface area contributed by atoms with Gasteiger partial charge in [-0.05, 0) is 28.8 Å². The molecule has 0 spiro atoms. The molecule has 1 fully saturated rings. The van der Waals surface area contributed by atoms with Gasteiger partial charge in [-0.15, -0.1) is 0 Å². The predicted molar refractivity (Wildman–Crippen MR) is 138 cm³/mol. The molecule has 4 rings (SSSR count). The third kappa shape index (κ3) is 6.80. The molecule has 5 heteroatoms. The molecule has 3 aromatic rings. The van der Waals surface area contributed by atoms with Crippen LogP contribution in [0.1, 0.15) is 22.7 Å². The third-order valence-electron chi connectivity index (χ3n) is 6.19. The Balaban J connectivity index is 1.29. The summed E-state index contributed by atoms with van der Waals surface area (Å²) >= 11 is 0. The molecule has 1 aliphatic heterocycles. The smallest absolute Gasteiger partial charge is 0.234 e. The largest absolute Gasteiger partial charge is 0.497 e. The maximum atomic E-state index is 13.0. The molecule has 0 aliphatic carbocycles. The van der Waals surface area contributed by atoms with E-state index < -0.39 is 0 Å². The Hall–Kier alpha value is -3.41. The zero-order valence-corrected chi connectivity index (χ0v) is 19.8. The molecule has 1 aliphatic rings. The molecule has 0 saturated carbocycles. The molecule has 34 heavy (non-hydrogen) atoms. The van der Waals surface area contributed by atoms with Gasteiger partial charge in [0.15, 0.2) is 0 Å². The molecular weight excluding hydrogens is 422 g/mol. The first-order valence-corrected chi connectivity index (χ1v) is 11.9. The summed E-state index contributed by atoms with van der Waals surface area (Å²) in [5, 5.41) is 3.25. The highest BCUT2D eigenvalue weighted by Crippen LogP contribution is 2.24. The lowest BCUT2D eigenvalue weighted by Crippen LogP contribution is -2.49. The average Bonchev–Trinajstić information content (AvgIpc) is 2.89. The van der Waals surface area contributed by atoms with E-state index in [0.29, 0.717) is 6.54 Å². The maximum absolute atomic E-state index is 13.0. The summed E-state index contributed by atoms with van der Waals surface area (Å²) in [6.45, 7) is 5.06. The molecule has 3 aromatic carbocycles. The Morgan fingerprint density at radius 3 is 2.09 bits per heavy atom. The SMILES string of the molecule is COc1ccc(C(NC(=O)CN2CCN(C/C=C/c3ccccc3)CC2)c2ccccc2)cc1. The monoisotopic (exact) mass is 455 g/mol. The minimum absolute atomic E-state index is 0.0436. The van der Waals surface area contributed by atoms with Crippen LogP contribution in [-0.4, -0.2) is 62.1 Å². The molecule has 1 atom stereocenters. The van der Waals surface area contributed by atoms with Crippen molar-refractivity contribution in [2.24, 2.45) is 0 Å². The highest BCUT2D eigenvalue weighted by molar-refractivity contribution is 5.79. The Morgan fingerprint density at radius 2 is 1.44 bits per heavy atom. The first-order chi connectivity index (χ1) is 16.7. The van der Waals surface area contributed by atoms with Crippen molar-refractivity contribution in [3.05, 3.63) is 108 Å². The molecule has 1 heterocycles. The van der Waals surface area contributed by atoms with Crippen molar-refractivity contribution < 1.29 is 9.53 Å². The second-order valence-corrected chi connectivity index (χ2v) is 8.57. The van der Waals surface area contributed by atoms with E-state index in [1.807, 2.05) is 48.5 Å². The molecule has 1 amide bonds. The van der Waals surface area contributed by atoms with Crippen LogP contribution in [0.3, 0.4) is 0 Å². The lowest BCUT2D eigenvalue weighted by atomic mass is 9.98. The number of piperazine rings is 1. The van der Waals surface area contributed by atoms with E-state index in [-0.39, 0.29) is 11.9 Å². The number of amides is 1. The van der Waals surface area contributed by atoms with Crippen molar-refractivity contribution in [2.45, 2.75) is 6.04 Å². The number of hydrogen-bond donors (Lipinski definition) is 1. The molecule has 5 nitrogen and oxygen atoms in total. The van der Waals surface area contributed by atoms with Crippen LogP contribution >= 0.6 is 0 Å². The Kier molecular flexibility index (Phi) is 8.49. The minimum Gasteiger partial charge on any atom is -0.497 e. The predicted octanol–water partition coefficient (Wildman–Crippen LogP) is 4.23. The van der Waals surface area contributed by atoms with Crippen LogP contribution in [0.5, 0.6) is 5.75 Å². The summed E-state index contributed by atoms with van der Waals surface area (Å²) in [5.41, 5.74) is 3.33. The zero-order valence-electron chi connectivity index (χ0n) is 19.8. The van der Waals surface area contributed by atoms with Crippen molar-refractivity contribution in [3.63, 3.8) is 0 Å². The summed E-state index contributed by atoms with van der Waals surface area (Å²) in [6, 6.07) is 28.2. The number of ether oxygens (including phenoxy) is 1. The number of nitrogens with one attached hydrogen (secondary N) is 1. The number of benzene rings is 3. The zero-order chi connectivity index (χ0) is 23.6. The Morgan fingerprint density at radius 1 is 0.853 bits per heavy atom. The number of carbonyl (C=O) groups excluding carboxylic acids is 1. The summed E-state index contributed by atoms with van der Waals surface area (Å²) < 4.78 is 5.29. The molecule has 0 radical (unpaired) electrons. The molecule has 1 N–H and O–H groups in total. The van der Waals surface area contributed by atoms with Crippen LogP contribution in [0.4, 0.5) is 0 Å². The fourth-order valence-corrected chi connectivity index (χ4v) is 4.24. The van der Waals surface area contributed by atoms with Crippen molar-refractivity contribution in [3.8, 4) is 5.75 Å². The van der Waals surface area contributed by atoms with Crippen LogP contribution < -0.4 is 10.1 Å². The van der Waals surface area contributed by atoms with Crippen molar-refractivity contribution >= 4 is 12.0 Å². The van der Waals surface area contributed by atoms with Gasteiger partial charge in [0.05, 0.1) is 19.7 Å². The van der Waals surface area contributed by atoms with Crippen molar-refractivity contribution in [2.75, 3.05) is 46.4 Å². The van der Waals surface area contributed by atoms with Crippen LogP contribution in [0.2, 0.25) is 0 Å². The standard InChI is InChI=1S/C29H33N3O2/c1-34-27-16-14-26(15-17-27)29(25-12-6-3-7-13-25)30-28(33)23-32-21-19-31(20-22-32)18-8-11-24-9-4-2-5-10-24/h2-17,29H,18-23H2,1H3,(H,30,33)/b11-8+. The molecular formula is C29H33N3O2. The first kappa shape index (κ1) is 23.7. The fourth-order valence-electron chi connectivity index (χ4n) is 4.24. The van der Waals surface area contributed by atoms with E-state index in [0.717, 1.165) is 49.6 Å². The number of rotatable bonds is 9. The molecule has 176 valence electrons. The Labute approximate surface area is 202 Å². The van der Waals surface area contributed by atoms with Crippen LogP contribution in [-0.2, 0) is 4.79 Å². The van der Waals surface area contributed by atoms with Gasteiger partial charge in [0, 0.05) is 32.7 Å². The second-order valence-electron chi connectivity index (χ2n) is 8.57. The van der Waals surface area contributed by atoms with E-state index in [2.05, 4.69) is 63.7 Å². The van der Waals surface area contributed by atoms with Crippen LogP contribution in [0, 0.1) is 0 Å². The van der Waals surface area contributed by atoms with Gasteiger partial charge in [0.25, 0.3) is 0 Å². The topological polar surface area (TPSA) is 44.8 Å². The lowest BCUT2D eigenvalue weighted by Gasteiger charge is -2.34. The molecule has 1 unspecified atom stereocenters. The fraction of sp³-hybridized carbons (Fsp3) is 0.276. The molecule has 0 aromatic heterocycles. The molecule has 0 bridgehead atoms. The van der Waals surface area contributed by atoms with Gasteiger partial charge in [-0.2, -0.15) is 0 Å². The van der Waals surface area contributed by atoms with E-state index in [4.69, 9.17) is 4.74 Å². The number of methoxy groups -OCH3 is 1. The van der Waals surface area contributed by atoms with Gasteiger partial charge in [-0.1, -0.05) is 84.9 Å². The third-order valence-corrected chi connectivity index (χ3v) is 6.19. The van der Waals surface area contributed by atoms with E-state index in [1.54, 1.807) is 7.11 Å². The van der Waals surface area contributed by atoms with Crippen molar-refractivity contribution in [1.29, 1.82) is 0 Å². The minimum atomic E-state index is -0.191. The van der Waals surface area contributed by atoms with Gasteiger partial charge in [-0.3, -0.25) is 14.6 Å². The number of nitrogens with zero attached hydrogens (tertiary/aromatic N) is 2. The van der Waals surface area contributed by atoms with E-state index >= 15 is 0 Å². The highest BCUT2D eigenvalue weighted by atomic mass is 16.5. The summed E-state index contributed by atoms with van der Waals surface area (Å²) in [4.78, 5) is 17.7. The summed E-state index contributed by atoms with van der Waals surface area (Å²) in [7, 11) is 1.66. The van der Waals surface area contributed by atoms with Crippen LogP contribution in [0.25, 0.3) is 6.08 Å². The second kappa shape index (κ2) is 12.2. The maximum Gasteiger partial charge on any atom is 0.234 e. The Bertz CT molecular complexity index is 1040. The van der Waals surface area contributed by atoms with Crippen molar-refractivity contribution in [1.82, 2.24) is 15.1 Å². The van der Waals surface area contributed by atoms with E-state index in [1.165, 1.54) is 5.56 Å². The summed E-state index contributed by atoms with van der Waals surface area (Å²) in [6.07, 6.45) is 4.39. The lowest BCUT2D eigenvalue weighted by molar-refractivity contribution is -0.123. The number of carbonyl (C=O) groups is 1. The van der Waals surface area contributed by atoms with E-state index in [9.17, 15) is 4.79 Å². The van der Waals surface area contributed by atoms with Gasteiger partial charge in [0.2, 0.25) is 5.91 Å². The average molecular weight is 456 g/mol. The van der Waals surface area contributed by atoms with Gasteiger partial charge < -0.3 is 10.1 Å². The normalized spacial score (nSPS) is 15.8. The van der Waals surface area contributed by atoms with Gasteiger partial charge >= 0.3 is 0 Å². The highest BCUT2D eigenvalue weighted by Gasteiger charge is 2.21. The first-order valence-electron chi connectivity index (χ1n) is 11.9. The van der Waals surface area contributed by atoms with Gasteiger partial charge in [-0.25, -0.2) is 0 Å². The van der Waals surface area contributed by atoms with Crippen LogP contribution in [0.15, 0.2) is 91.0 Å². The quantitative estimate of drug-likeness (QED) is 0.525. The number of hydrogen-bond acceptors (Lipinski definition) is 4. The molecule has 1 saturated heterocycles.